The van der Waals surface area contributed by atoms with E-state index in [1.54, 1.807) is 18.2 Å². The van der Waals surface area contributed by atoms with Crippen LogP contribution in [0.3, 0.4) is 0 Å². The van der Waals surface area contributed by atoms with Crippen LogP contribution in [-0.2, 0) is 24.3 Å². The van der Waals surface area contributed by atoms with Crippen LogP contribution in [0.25, 0.3) is 10.8 Å². The van der Waals surface area contributed by atoms with Crippen molar-refractivity contribution in [2.45, 2.75) is 17.7 Å². The summed E-state index contributed by atoms with van der Waals surface area (Å²) in [4.78, 5) is 37.3. The molecule has 1 aliphatic rings. The van der Waals surface area contributed by atoms with Gasteiger partial charge in [-0.1, -0.05) is 30.3 Å². The molecule has 3 aromatic rings. The van der Waals surface area contributed by atoms with Crippen LogP contribution in [0.2, 0.25) is 0 Å². The average molecular weight is 511 g/mol. The van der Waals surface area contributed by atoms with E-state index in [9.17, 15) is 22.8 Å². The lowest BCUT2D eigenvalue weighted by molar-refractivity contribution is -0.120. The molecule has 188 valence electrons. The van der Waals surface area contributed by atoms with Gasteiger partial charge in [-0.05, 0) is 53.9 Å². The zero-order valence-corrected chi connectivity index (χ0v) is 20.7. The van der Waals surface area contributed by atoms with Crippen molar-refractivity contribution in [1.82, 2.24) is 4.31 Å². The highest BCUT2D eigenvalue weighted by Crippen LogP contribution is 2.27. The van der Waals surface area contributed by atoms with Gasteiger partial charge >= 0.3 is 11.9 Å². The maximum absolute atomic E-state index is 13.4. The molecule has 9 nitrogen and oxygen atoms in total. The van der Waals surface area contributed by atoms with Gasteiger partial charge in [-0.2, -0.15) is 4.31 Å². The number of nitrogens with one attached hydrogen (secondary N) is 1. The molecule has 1 aliphatic heterocycles. The third-order valence-corrected chi connectivity index (χ3v) is 8.02. The molecule has 1 saturated heterocycles. The highest BCUT2D eigenvalue weighted by Gasteiger charge is 2.33. The summed E-state index contributed by atoms with van der Waals surface area (Å²) in [5.41, 5.74) is 0.345. The van der Waals surface area contributed by atoms with Gasteiger partial charge in [0.1, 0.15) is 0 Å². The highest BCUT2D eigenvalue weighted by atomic mass is 32.2. The molecule has 0 spiro atoms. The molecule has 0 aromatic heterocycles. The van der Waals surface area contributed by atoms with E-state index in [0.717, 1.165) is 10.8 Å². The Hall–Kier alpha value is -3.76. The smallest absolute Gasteiger partial charge is 0.337 e. The van der Waals surface area contributed by atoms with Gasteiger partial charge in [0.25, 0.3) is 0 Å². The fourth-order valence-corrected chi connectivity index (χ4v) is 5.83. The quantitative estimate of drug-likeness (QED) is 0.505. The molecule has 36 heavy (non-hydrogen) atoms. The summed E-state index contributed by atoms with van der Waals surface area (Å²) in [5.74, 6) is -2.38. The van der Waals surface area contributed by atoms with Crippen molar-refractivity contribution in [1.29, 1.82) is 0 Å². The summed E-state index contributed by atoms with van der Waals surface area (Å²) in [6.45, 7) is 0.324. The van der Waals surface area contributed by atoms with Gasteiger partial charge < -0.3 is 14.8 Å². The minimum absolute atomic E-state index is 0.0154. The van der Waals surface area contributed by atoms with E-state index in [0.29, 0.717) is 19.4 Å². The number of fused-ring (bicyclic) bond motifs is 1. The van der Waals surface area contributed by atoms with Crippen LogP contribution in [0.5, 0.6) is 0 Å². The van der Waals surface area contributed by atoms with Crippen molar-refractivity contribution in [3.63, 3.8) is 0 Å². The molecular formula is C26H26N2O7S. The predicted molar refractivity (Wildman–Crippen MR) is 133 cm³/mol. The summed E-state index contributed by atoms with van der Waals surface area (Å²) < 4.78 is 37.5. The third-order valence-electron chi connectivity index (χ3n) is 6.16. The Bertz CT molecular complexity index is 1400. The van der Waals surface area contributed by atoms with Gasteiger partial charge in [0.2, 0.25) is 15.9 Å². The van der Waals surface area contributed by atoms with Crippen LogP contribution < -0.4 is 5.32 Å². The Morgan fingerprint density at radius 3 is 2.17 bits per heavy atom. The molecule has 0 saturated carbocycles. The molecule has 10 heteroatoms. The number of piperidine rings is 1. The number of benzene rings is 3. The highest BCUT2D eigenvalue weighted by molar-refractivity contribution is 7.89. The number of rotatable bonds is 6. The number of hydrogen-bond donors (Lipinski definition) is 1. The lowest BCUT2D eigenvalue weighted by Crippen LogP contribution is -2.43. The minimum atomic E-state index is -3.80. The number of sulfonamides is 1. The number of methoxy groups -OCH3 is 2. The van der Waals surface area contributed by atoms with E-state index < -0.39 is 33.8 Å². The molecule has 1 fully saturated rings. The number of ether oxygens (including phenoxy) is 2. The number of esters is 2. The van der Waals surface area contributed by atoms with Gasteiger partial charge in [0, 0.05) is 18.8 Å². The van der Waals surface area contributed by atoms with Crippen LogP contribution in [-0.4, -0.2) is 57.9 Å². The standard InChI is InChI=1S/C26H26N2O7S/c1-34-25(30)20-12-21(26(31)35-2)14-22(13-20)27-24(29)19-8-5-11-28(16-19)36(32,33)23-10-9-17-6-3-4-7-18(17)15-23/h3-4,6-7,9-10,12-15,19H,5,8,11,16H2,1-2H3,(H,27,29)/t19-/m1/s1. The number of anilines is 1. The van der Waals surface area contributed by atoms with Gasteiger partial charge in [0.05, 0.1) is 36.2 Å². The summed E-state index contributed by atoms with van der Waals surface area (Å²) in [6, 6.07) is 16.6. The van der Waals surface area contributed by atoms with Crippen LogP contribution in [0.1, 0.15) is 33.6 Å². The predicted octanol–water partition coefficient (Wildman–Crippen LogP) is 3.45. The second-order valence-corrected chi connectivity index (χ2v) is 10.4. The fourth-order valence-electron chi connectivity index (χ4n) is 4.27. The summed E-state index contributed by atoms with van der Waals surface area (Å²) in [6.07, 6.45) is 1.01. The maximum Gasteiger partial charge on any atom is 0.337 e. The molecule has 1 N–H and O–H groups in total. The first-order chi connectivity index (χ1) is 17.2. The molecule has 0 bridgehead atoms. The zero-order chi connectivity index (χ0) is 25.9. The average Bonchev–Trinajstić information content (AvgIpc) is 2.91. The SMILES string of the molecule is COC(=O)c1cc(NC(=O)[C@@H]2CCCN(S(=O)(=O)c3ccc4ccccc4c3)C2)cc(C(=O)OC)c1. The van der Waals surface area contributed by atoms with Crippen molar-refractivity contribution < 1.29 is 32.3 Å². The van der Waals surface area contributed by atoms with Gasteiger partial charge in [-0.25, -0.2) is 18.0 Å². The number of hydrogen-bond acceptors (Lipinski definition) is 7. The van der Waals surface area contributed by atoms with Crippen molar-refractivity contribution in [3.8, 4) is 0 Å². The second kappa shape index (κ2) is 10.5. The van der Waals surface area contributed by atoms with Crippen LogP contribution in [0, 0.1) is 5.92 Å². The normalized spacial score (nSPS) is 16.3. The van der Waals surface area contributed by atoms with Crippen molar-refractivity contribution in [3.05, 3.63) is 71.8 Å². The molecule has 1 heterocycles. The fraction of sp³-hybridized carbons (Fsp3) is 0.269. The Morgan fingerprint density at radius 2 is 1.53 bits per heavy atom. The molecule has 0 unspecified atom stereocenters. The molecular weight excluding hydrogens is 484 g/mol. The number of carbonyl (C=O) groups excluding carboxylic acids is 3. The molecule has 0 aliphatic carbocycles. The van der Waals surface area contributed by atoms with E-state index in [-0.39, 0.29) is 28.3 Å². The molecule has 0 radical (unpaired) electrons. The van der Waals surface area contributed by atoms with Crippen LogP contribution in [0.4, 0.5) is 5.69 Å². The monoisotopic (exact) mass is 510 g/mol. The summed E-state index contributed by atoms with van der Waals surface area (Å²) in [7, 11) is -1.39. The first kappa shape index (κ1) is 25.3. The van der Waals surface area contributed by atoms with Crippen molar-refractivity contribution in [2.24, 2.45) is 5.92 Å². The Morgan fingerprint density at radius 1 is 0.889 bits per heavy atom. The number of nitrogens with zero attached hydrogens (tertiary/aromatic N) is 1. The summed E-state index contributed by atoms with van der Waals surface area (Å²) >= 11 is 0. The van der Waals surface area contributed by atoms with Crippen LogP contribution in [0.15, 0.2) is 65.6 Å². The minimum Gasteiger partial charge on any atom is -0.465 e. The van der Waals surface area contributed by atoms with Gasteiger partial charge in [0.15, 0.2) is 0 Å². The van der Waals surface area contributed by atoms with Gasteiger partial charge in [-0.3, -0.25) is 4.79 Å². The lowest BCUT2D eigenvalue weighted by Gasteiger charge is -2.31. The Kier molecular flexibility index (Phi) is 7.37. The summed E-state index contributed by atoms with van der Waals surface area (Å²) in [5, 5.41) is 4.46. The van der Waals surface area contributed by atoms with E-state index in [4.69, 9.17) is 9.47 Å². The maximum atomic E-state index is 13.4. The van der Waals surface area contributed by atoms with E-state index in [2.05, 4.69) is 5.32 Å². The van der Waals surface area contributed by atoms with Gasteiger partial charge in [-0.15, -0.1) is 0 Å². The molecule has 1 amide bonds. The van der Waals surface area contributed by atoms with E-state index in [1.807, 2.05) is 24.3 Å². The zero-order valence-electron chi connectivity index (χ0n) is 19.9. The first-order valence-corrected chi connectivity index (χ1v) is 12.8. The van der Waals surface area contributed by atoms with Crippen molar-refractivity contribution in [2.75, 3.05) is 32.6 Å². The van der Waals surface area contributed by atoms with E-state index >= 15 is 0 Å². The van der Waals surface area contributed by atoms with Crippen LogP contribution >= 0.6 is 0 Å². The first-order valence-electron chi connectivity index (χ1n) is 11.3. The largest absolute Gasteiger partial charge is 0.465 e. The lowest BCUT2D eigenvalue weighted by atomic mass is 9.98. The Labute approximate surface area is 209 Å². The van der Waals surface area contributed by atoms with E-state index in [1.165, 1.54) is 36.7 Å². The molecule has 4 rings (SSSR count). The number of amides is 1. The third kappa shape index (κ3) is 5.24. The molecule has 1 atom stereocenters. The van der Waals surface area contributed by atoms with Crippen molar-refractivity contribution >= 4 is 44.3 Å². The Balaban J connectivity index is 1.54. The molecule has 3 aromatic carbocycles. The second-order valence-electron chi connectivity index (χ2n) is 8.48. The topological polar surface area (TPSA) is 119 Å². The number of carbonyl (C=O) groups is 3.